The maximum atomic E-state index is 14.8. The van der Waals surface area contributed by atoms with Crippen LogP contribution in [0.25, 0.3) is 0 Å². The number of hydrogen-bond donors (Lipinski definition) is 2. The minimum Gasteiger partial charge on any atom is -0.383 e. The van der Waals surface area contributed by atoms with Crippen molar-refractivity contribution in [3.8, 4) is 0 Å². The first-order chi connectivity index (χ1) is 17.3. The molecule has 2 amide bonds. The molecule has 0 radical (unpaired) electrons. The number of alkyl halides is 3. The fourth-order valence-electron chi connectivity index (χ4n) is 4.74. The molecular weight excluding hydrogens is 493 g/mol. The lowest BCUT2D eigenvalue weighted by Crippen LogP contribution is -2.42. The van der Waals surface area contributed by atoms with Gasteiger partial charge in [0.15, 0.2) is 0 Å². The SMILES string of the molecule is C=C(NCc1ccc(C(=O)N2[C@H](C)CC[C@@H]2C)cc1F)C1(NC(=O)c2cc(F)cc(C(F)(F)F)c2)CC1. The number of carbonyl (C=O) groups is 2. The van der Waals surface area contributed by atoms with E-state index in [9.17, 15) is 31.5 Å². The zero-order chi connectivity index (χ0) is 27.1. The molecule has 2 N–H and O–H groups in total. The summed E-state index contributed by atoms with van der Waals surface area (Å²) in [6.07, 6.45) is -2.06. The van der Waals surface area contributed by atoms with E-state index in [1.165, 1.54) is 12.1 Å². The van der Waals surface area contributed by atoms with Gasteiger partial charge in [0.2, 0.25) is 0 Å². The predicted molar refractivity (Wildman–Crippen MR) is 128 cm³/mol. The van der Waals surface area contributed by atoms with Crippen molar-refractivity contribution in [2.75, 3.05) is 0 Å². The molecule has 10 heteroatoms. The Bertz CT molecular complexity index is 1230. The first-order valence-electron chi connectivity index (χ1n) is 12.1. The molecule has 4 rings (SSSR count). The molecule has 0 bridgehead atoms. The lowest BCUT2D eigenvalue weighted by atomic mass is 10.1. The normalized spacial score (nSPS) is 20.5. The Labute approximate surface area is 211 Å². The van der Waals surface area contributed by atoms with Gasteiger partial charge in [-0.25, -0.2) is 8.78 Å². The van der Waals surface area contributed by atoms with Crippen LogP contribution in [0, 0.1) is 11.6 Å². The van der Waals surface area contributed by atoms with Gasteiger partial charge in [-0.1, -0.05) is 12.6 Å². The lowest BCUT2D eigenvalue weighted by molar-refractivity contribution is -0.137. The van der Waals surface area contributed by atoms with E-state index >= 15 is 0 Å². The number of likely N-dealkylation sites (tertiary alicyclic amines) is 1. The van der Waals surface area contributed by atoms with E-state index in [1.807, 2.05) is 13.8 Å². The minimum atomic E-state index is -4.80. The van der Waals surface area contributed by atoms with Gasteiger partial charge in [0.05, 0.1) is 11.1 Å². The molecule has 1 aliphatic heterocycles. The molecule has 2 aliphatic rings. The fourth-order valence-corrected chi connectivity index (χ4v) is 4.74. The predicted octanol–water partition coefficient (Wildman–Crippen LogP) is 5.56. The zero-order valence-electron chi connectivity index (χ0n) is 20.5. The molecule has 1 saturated heterocycles. The topological polar surface area (TPSA) is 61.4 Å². The second kappa shape index (κ2) is 9.79. The van der Waals surface area contributed by atoms with Gasteiger partial charge in [0.25, 0.3) is 11.8 Å². The summed E-state index contributed by atoms with van der Waals surface area (Å²) in [4.78, 5) is 27.2. The van der Waals surface area contributed by atoms with E-state index in [0.29, 0.717) is 30.7 Å². The molecule has 0 spiro atoms. The van der Waals surface area contributed by atoms with Crippen LogP contribution in [-0.4, -0.2) is 34.3 Å². The molecule has 0 unspecified atom stereocenters. The second-order valence-corrected chi connectivity index (χ2v) is 9.89. The van der Waals surface area contributed by atoms with E-state index in [2.05, 4.69) is 17.2 Å². The quantitative estimate of drug-likeness (QED) is 0.469. The molecule has 1 aliphatic carbocycles. The Morgan fingerprint density at radius 2 is 1.68 bits per heavy atom. The Hall–Kier alpha value is -3.43. The Kier molecular flexibility index (Phi) is 7.05. The number of carbonyl (C=O) groups excluding carboxylic acids is 2. The summed E-state index contributed by atoms with van der Waals surface area (Å²) in [5.41, 5.74) is -1.75. The van der Waals surface area contributed by atoms with Gasteiger partial charge in [0.1, 0.15) is 11.6 Å². The van der Waals surface area contributed by atoms with Crippen molar-refractivity contribution < 1.29 is 31.5 Å². The highest BCUT2D eigenvalue weighted by molar-refractivity contribution is 5.96. The largest absolute Gasteiger partial charge is 0.416 e. The van der Waals surface area contributed by atoms with Gasteiger partial charge >= 0.3 is 6.18 Å². The van der Waals surface area contributed by atoms with Gasteiger partial charge < -0.3 is 15.5 Å². The van der Waals surface area contributed by atoms with Crippen LogP contribution in [0.2, 0.25) is 0 Å². The van der Waals surface area contributed by atoms with Crippen LogP contribution in [0.3, 0.4) is 0 Å². The van der Waals surface area contributed by atoms with Crippen LogP contribution in [-0.2, 0) is 12.7 Å². The number of amides is 2. The number of hydrogen-bond acceptors (Lipinski definition) is 3. The average Bonchev–Trinajstić information content (AvgIpc) is 3.53. The van der Waals surface area contributed by atoms with E-state index in [-0.39, 0.29) is 35.7 Å². The maximum Gasteiger partial charge on any atom is 0.416 e. The number of halogens is 5. The third kappa shape index (κ3) is 5.62. The van der Waals surface area contributed by atoms with Crippen molar-refractivity contribution in [2.24, 2.45) is 0 Å². The van der Waals surface area contributed by atoms with E-state index in [1.54, 1.807) is 11.0 Å². The summed E-state index contributed by atoms with van der Waals surface area (Å²) in [5.74, 6) is -2.83. The first-order valence-corrected chi connectivity index (χ1v) is 12.1. The minimum absolute atomic E-state index is 0.0193. The molecule has 1 heterocycles. The zero-order valence-corrected chi connectivity index (χ0v) is 20.5. The van der Waals surface area contributed by atoms with Gasteiger partial charge in [0, 0.05) is 41.0 Å². The van der Waals surface area contributed by atoms with Crippen molar-refractivity contribution in [3.63, 3.8) is 0 Å². The summed E-state index contributed by atoms with van der Waals surface area (Å²) in [5, 5.41) is 5.59. The molecule has 0 aromatic heterocycles. The molecule has 2 aromatic carbocycles. The molecule has 2 fully saturated rings. The fraction of sp³-hybridized carbons (Fsp3) is 0.407. The standard InChI is InChI=1S/C27H28F5N3O2/c1-15-4-5-16(2)35(15)25(37)18-6-7-19(23(29)12-18)14-33-17(3)26(8-9-26)34-24(36)20-10-21(27(30,31)32)13-22(28)11-20/h6-7,10-13,15-16,33H,3-5,8-9,14H2,1-2H3,(H,34,36)/t15-,16+. The third-order valence-corrected chi connectivity index (χ3v) is 7.15. The van der Waals surface area contributed by atoms with Crippen LogP contribution >= 0.6 is 0 Å². The Morgan fingerprint density at radius 3 is 2.24 bits per heavy atom. The van der Waals surface area contributed by atoms with Crippen molar-refractivity contribution in [1.29, 1.82) is 0 Å². The average molecular weight is 522 g/mol. The van der Waals surface area contributed by atoms with Crippen LogP contribution < -0.4 is 10.6 Å². The van der Waals surface area contributed by atoms with Crippen LogP contribution in [0.5, 0.6) is 0 Å². The lowest BCUT2D eigenvalue weighted by Gasteiger charge is -2.26. The van der Waals surface area contributed by atoms with E-state index in [0.717, 1.165) is 18.9 Å². The molecule has 198 valence electrons. The highest BCUT2D eigenvalue weighted by atomic mass is 19.4. The van der Waals surface area contributed by atoms with Gasteiger partial charge in [-0.2, -0.15) is 13.2 Å². The van der Waals surface area contributed by atoms with E-state index in [4.69, 9.17) is 0 Å². The molecular formula is C27H28F5N3O2. The molecule has 1 saturated carbocycles. The molecule has 2 aromatic rings. The number of rotatable bonds is 7. The van der Waals surface area contributed by atoms with Crippen LogP contribution in [0.1, 0.15) is 71.4 Å². The third-order valence-electron chi connectivity index (χ3n) is 7.15. The van der Waals surface area contributed by atoms with Crippen LogP contribution in [0.15, 0.2) is 48.7 Å². The van der Waals surface area contributed by atoms with Crippen molar-refractivity contribution in [2.45, 2.75) is 69.9 Å². The maximum absolute atomic E-state index is 14.8. The highest BCUT2D eigenvalue weighted by Gasteiger charge is 2.47. The monoisotopic (exact) mass is 521 g/mol. The summed E-state index contributed by atoms with van der Waals surface area (Å²) in [7, 11) is 0. The number of nitrogens with one attached hydrogen (secondary N) is 2. The summed E-state index contributed by atoms with van der Waals surface area (Å²) >= 11 is 0. The van der Waals surface area contributed by atoms with Gasteiger partial charge in [-0.3, -0.25) is 9.59 Å². The van der Waals surface area contributed by atoms with Crippen molar-refractivity contribution >= 4 is 11.8 Å². The molecule has 37 heavy (non-hydrogen) atoms. The second-order valence-electron chi connectivity index (χ2n) is 9.89. The van der Waals surface area contributed by atoms with Gasteiger partial charge in [-0.15, -0.1) is 0 Å². The van der Waals surface area contributed by atoms with E-state index < -0.39 is 40.4 Å². The van der Waals surface area contributed by atoms with Crippen LogP contribution in [0.4, 0.5) is 22.0 Å². The first kappa shape index (κ1) is 26.6. The van der Waals surface area contributed by atoms with Gasteiger partial charge in [-0.05, 0) is 69.9 Å². The summed E-state index contributed by atoms with van der Waals surface area (Å²) < 4.78 is 67.5. The smallest absolute Gasteiger partial charge is 0.383 e. The van der Waals surface area contributed by atoms with Crippen molar-refractivity contribution in [1.82, 2.24) is 15.5 Å². The number of benzene rings is 2. The number of nitrogens with zero attached hydrogens (tertiary/aromatic N) is 1. The Morgan fingerprint density at radius 1 is 1.03 bits per heavy atom. The van der Waals surface area contributed by atoms with Crippen molar-refractivity contribution in [3.05, 3.63) is 82.6 Å². The molecule has 5 nitrogen and oxygen atoms in total. The summed E-state index contributed by atoms with van der Waals surface area (Å²) in [6.45, 7) is 7.87. The Balaban J connectivity index is 1.39. The summed E-state index contributed by atoms with van der Waals surface area (Å²) in [6, 6.07) is 6.11. The molecule has 2 atom stereocenters. The highest BCUT2D eigenvalue weighted by Crippen LogP contribution is 2.41.